The van der Waals surface area contributed by atoms with Crippen molar-refractivity contribution in [3.8, 4) is 5.75 Å². The second-order valence-electron chi connectivity index (χ2n) is 6.53. The number of benzene rings is 1. The maximum Gasteiger partial charge on any atom is 0.338 e. The van der Waals surface area contributed by atoms with Gasteiger partial charge in [-0.05, 0) is 38.1 Å². The van der Waals surface area contributed by atoms with Gasteiger partial charge in [-0.3, -0.25) is 0 Å². The molecular formula is C17H20N2O3. The van der Waals surface area contributed by atoms with Gasteiger partial charge < -0.3 is 19.3 Å². The van der Waals surface area contributed by atoms with Gasteiger partial charge in [0.25, 0.3) is 0 Å². The minimum Gasteiger partial charge on any atom is -0.497 e. The quantitative estimate of drug-likeness (QED) is 0.944. The number of carbonyl (C=O) groups is 1. The highest BCUT2D eigenvalue weighted by molar-refractivity contribution is 6.06. The molecule has 1 aromatic heterocycles. The highest BCUT2D eigenvalue weighted by atomic mass is 16.5. The molecule has 2 aliphatic heterocycles. The van der Waals surface area contributed by atoms with Crippen molar-refractivity contribution in [1.29, 1.82) is 0 Å². The molecule has 0 saturated carbocycles. The molecule has 5 heteroatoms. The van der Waals surface area contributed by atoms with Crippen LogP contribution in [0.25, 0.3) is 10.9 Å². The smallest absolute Gasteiger partial charge is 0.338 e. The van der Waals surface area contributed by atoms with E-state index in [-0.39, 0.29) is 5.41 Å². The number of carboxylic acids is 1. The van der Waals surface area contributed by atoms with Crippen LogP contribution in [0.4, 0.5) is 0 Å². The van der Waals surface area contributed by atoms with E-state index >= 15 is 0 Å². The molecular weight excluding hydrogens is 280 g/mol. The van der Waals surface area contributed by atoms with Crippen molar-refractivity contribution in [2.45, 2.75) is 18.3 Å². The van der Waals surface area contributed by atoms with Crippen LogP contribution in [0, 0.1) is 0 Å². The van der Waals surface area contributed by atoms with Gasteiger partial charge in [0.2, 0.25) is 0 Å². The van der Waals surface area contributed by atoms with Crippen molar-refractivity contribution in [3.05, 3.63) is 29.5 Å². The first-order chi connectivity index (χ1) is 10.6. The van der Waals surface area contributed by atoms with Crippen molar-refractivity contribution in [1.82, 2.24) is 9.47 Å². The van der Waals surface area contributed by atoms with E-state index in [1.165, 1.54) is 0 Å². The zero-order valence-corrected chi connectivity index (χ0v) is 12.9. The molecule has 2 aromatic rings. The molecule has 4 rings (SSSR count). The zero-order valence-electron chi connectivity index (χ0n) is 12.9. The Morgan fingerprint density at radius 3 is 2.59 bits per heavy atom. The molecule has 0 unspecified atom stereocenters. The van der Waals surface area contributed by atoms with Crippen LogP contribution in [-0.2, 0) is 12.5 Å². The number of fused-ring (bicyclic) bond motifs is 3. The number of hydrogen-bond acceptors (Lipinski definition) is 3. The Balaban J connectivity index is 2.03. The van der Waals surface area contributed by atoms with Crippen molar-refractivity contribution < 1.29 is 14.6 Å². The lowest BCUT2D eigenvalue weighted by Crippen LogP contribution is -2.29. The lowest BCUT2D eigenvalue weighted by atomic mass is 9.79. The van der Waals surface area contributed by atoms with Gasteiger partial charge in [-0.2, -0.15) is 0 Å². The molecule has 0 aliphatic carbocycles. The first-order valence-corrected chi connectivity index (χ1v) is 7.68. The van der Waals surface area contributed by atoms with Crippen molar-refractivity contribution in [3.63, 3.8) is 0 Å². The summed E-state index contributed by atoms with van der Waals surface area (Å²) < 4.78 is 7.38. The molecule has 22 heavy (non-hydrogen) atoms. The fourth-order valence-electron chi connectivity index (χ4n) is 4.42. The third-order valence-corrected chi connectivity index (χ3v) is 5.46. The van der Waals surface area contributed by atoms with E-state index in [0.29, 0.717) is 5.56 Å². The molecule has 0 spiro atoms. The molecule has 116 valence electrons. The number of hydrogen-bond donors (Lipinski definition) is 1. The maximum atomic E-state index is 12.0. The van der Waals surface area contributed by atoms with Gasteiger partial charge in [-0.1, -0.05) is 0 Å². The highest BCUT2D eigenvalue weighted by Crippen LogP contribution is 2.46. The minimum absolute atomic E-state index is 0.00523. The number of ether oxygens (including phenoxy) is 1. The van der Waals surface area contributed by atoms with E-state index in [9.17, 15) is 9.90 Å². The predicted octanol–water partition coefficient (Wildman–Crippen LogP) is 2.23. The number of aromatic carboxylic acids is 1. The average Bonchev–Trinajstić information content (AvgIpc) is 3.19. The summed E-state index contributed by atoms with van der Waals surface area (Å²) in [4.78, 5) is 14.4. The van der Waals surface area contributed by atoms with Gasteiger partial charge >= 0.3 is 5.97 Å². The highest BCUT2D eigenvalue weighted by Gasteiger charge is 2.48. The summed E-state index contributed by atoms with van der Waals surface area (Å²) in [7, 11) is 3.62. The molecule has 2 bridgehead atoms. The van der Waals surface area contributed by atoms with Gasteiger partial charge in [0.15, 0.2) is 0 Å². The molecule has 2 fully saturated rings. The van der Waals surface area contributed by atoms with Crippen molar-refractivity contribution >= 4 is 16.9 Å². The summed E-state index contributed by atoms with van der Waals surface area (Å²) in [6.07, 6.45) is 2.10. The summed E-state index contributed by atoms with van der Waals surface area (Å²) in [5.74, 6) is -0.0703. The lowest BCUT2D eigenvalue weighted by Gasteiger charge is -2.27. The Morgan fingerprint density at radius 1 is 1.32 bits per heavy atom. The van der Waals surface area contributed by atoms with E-state index < -0.39 is 5.97 Å². The van der Waals surface area contributed by atoms with E-state index in [4.69, 9.17) is 4.74 Å². The minimum atomic E-state index is -0.828. The number of aromatic nitrogens is 1. The fourth-order valence-corrected chi connectivity index (χ4v) is 4.42. The molecule has 2 saturated heterocycles. The predicted molar refractivity (Wildman–Crippen MR) is 83.8 cm³/mol. The molecule has 0 atom stereocenters. The molecule has 0 amide bonds. The van der Waals surface area contributed by atoms with Gasteiger partial charge in [0.05, 0.1) is 18.2 Å². The van der Waals surface area contributed by atoms with Gasteiger partial charge in [-0.15, -0.1) is 0 Å². The second kappa shape index (κ2) is 4.49. The molecule has 2 aliphatic rings. The van der Waals surface area contributed by atoms with Crippen LogP contribution < -0.4 is 4.74 Å². The van der Waals surface area contributed by atoms with E-state index in [2.05, 4.69) is 9.47 Å². The molecule has 5 nitrogen and oxygen atoms in total. The average molecular weight is 300 g/mol. The standard InChI is InChI=1S/C17H20N2O3/c1-18-13-9-11(22-2)3-4-12(13)14(16(20)21)15(18)17-5-7-19(10-17)8-6-17/h3-4,9H,5-8,10H2,1-2H3,(H,20,21). The third kappa shape index (κ3) is 1.66. The molecule has 3 heterocycles. The van der Waals surface area contributed by atoms with Gasteiger partial charge in [0.1, 0.15) is 5.75 Å². The monoisotopic (exact) mass is 300 g/mol. The SMILES string of the molecule is COc1ccc2c(C(=O)O)c(C34CCN(CC3)C4)n(C)c2c1. The summed E-state index contributed by atoms with van der Waals surface area (Å²) in [6.45, 7) is 3.13. The first-order valence-electron chi connectivity index (χ1n) is 7.68. The maximum absolute atomic E-state index is 12.0. The van der Waals surface area contributed by atoms with Crippen molar-refractivity contribution in [2.75, 3.05) is 26.7 Å². The zero-order chi connectivity index (χ0) is 15.5. The summed E-state index contributed by atoms with van der Waals surface area (Å²) in [5, 5.41) is 10.6. The van der Waals surface area contributed by atoms with Crippen molar-refractivity contribution in [2.24, 2.45) is 7.05 Å². The fraction of sp³-hybridized carbons (Fsp3) is 0.471. The van der Waals surface area contributed by atoms with E-state index in [1.807, 2.05) is 25.2 Å². The number of methoxy groups -OCH3 is 1. The Bertz CT molecular complexity index is 770. The second-order valence-corrected chi connectivity index (χ2v) is 6.53. The number of carboxylic acid groups (broad SMARTS) is 1. The van der Waals surface area contributed by atoms with E-state index in [1.54, 1.807) is 7.11 Å². The van der Waals surface area contributed by atoms with Crippen LogP contribution in [0.15, 0.2) is 18.2 Å². The Labute approximate surface area is 129 Å². The summed E-state index contributed by atoms with van der Waals surface area (Å²) >= 11 is 0. The number of nitrogens with zero attached hydrogens (tertiary/aromatic N) is 2. The van der Waals surface area contributed by atoms with Crippen LogP contribution in [0.3, 0.4) is 0 Å². The Morgan fingerprint density at radius 2 is 2.05 bits per heavy atom. The number of aryl methyl sites for hydroxylation is 1. The van der Waals surface area contributed by atoms with Crippen LogP contribution >= 0.6 is 0 Å². The van der Waals surface area contributed by atoms with Crippen LogP contribution in [0.5, 0.6) is 5.75 Å². The lowest BCUT2D eigenvalue weighted by molar-refractivity contribution is 0.0695. The normalized spacial score (nSPS) is 26.7. The Kier molecular flexibility index (Phi) is 2.78. The third-order valence-electron chi connectivity index (χ3n) is 5.46. The topological polar surface area (TPSA) is 54.7 Å². The molecule has 1 N–H and O–H groups in total. The Hall–Kier alpha value is -2.01. The van der Waals surface area contributed by atoms with Crippen LogP contribution in [0.1, 0.15) is 28.9 Å². The molecule has 0 radical (unpaired) electrons. The van der Waals surface area contributed by atoms with Gasteiger partial charge in [0, 0.05) is 36.2 Å². The number of piperidine rings is 1. The largest absolute Gasteiger partial charge is 0.497 e. The molecule has 1 aromatic carbocycles. The summed E-state index contributed by atoms with van der Waals surface area (Å²) in [5.41, 5.74) is 2.40. The van der Waals surface area contributed by atoms with Crippen LogP contribution in [0.2, 0.25) is 0 Å². The van der Waals surface area contributed by atoms with Crippen LogP contribution in [-0.4, -0.2) is 47.3 Å². The number of rotatable bonds is 3. The van der Waals surface area contributed by atoms with Gasteiger partial charge in [-0.25, -0.2) is 4.79 Å². The first kappa shape index (κ1) is 13.6. The van der Waals surface area contributed by atoms with E-state index in [0.717, 1.165) is 54.8 Å². The summed E-state index contributed by atoms with van der Waals surface area (Å²) in [6, 6.07) is 5.65.